The number of esters is 1. The Morgan fingerprint density at radius 2 is 1.62 bits per heavy atom. The van der Waals surface area contributed by atoms with Gasteiger partial charge in [-0.3, -0.25) is 10.1 Å². The number of carbonyl (C=O) groups is 1. The van der Waals surface area contributed by atoms with E-state index in [9.17, 15) is 14.9 Å². The van der Waals surface area contributed by atoms with E-state index in [2.05, 4.69) is 0 Å². The Labute approximate surface area is 140 Å². The fourth-order valence-electron chi connectivity index (χ4n) is 2.14. The highest BCUT2D eigenvalue weighted by Gasteiger charge is 2.32. The third-order valence-corrected chi connectivity index (χ3v) is 3.22. The van der Waals surface area contributed by atoms with Crippen LogP contribution in [0.3, 0.4) is 0 Å². The summed E-state index contributed by atoms with van der Waals surface area (Å²) < 4.78 is 10.8. The van der Waals surface area contributed by atoms with E-state index in [1.807, 2.05) is 19.9 Å². The predicted molar refractivity (Wildman–Crippen MR) is 88.8 cm³/mol. The molecule has 0 aliphatic rings. The van der Waals surface area contributed by atoms with E-state index >= 15 is 0 Å². The molecule has 0 amide bonds. The first kappa shape index (κ1) is 17.5. The van der Waals surface area contributed by atoms with E-state index in [-0.39, 0.29) is 18.3 Å². The number of hydrogen-bond acceptors (Lipinski definition) is 5. The lowest BCUT2D eigenvalue weighted by atomic mass is 10.1. The highest BCUT2D eigenvalue weighted by molar-refractivity contribution is 5.78. The van der Waals surface area contributed by atoms with Crippen LogP contribution in [0.1, 0.15) is 19.4 Å². The maximum absolute atomic E-state index is 12.3. The number of para-hydroxylation sites is 2. The van der Waals surface area contributed by atoms with Crippen LogP contribution < -0.4 is 9.47 Å². The van der Waals surface area contributed by atoms with E-state index in [4.69, 9.17) is 9.47 Å². The zero-order valence-corrected chi connectivity index (χ0v) is 13.5. The Kier molecular flexibility index (Phi) is 5.89. The van der Waals surface area contributed by atoms with Gasteiger partial charge in [0, 0.05) is 4.92 Å². The molecule has 126 valence electrons. The second-order valence-corrected chi connectivity index (χ2v) is 5.53. The smallest absolute Gasteiger partial charge is 0.387 e. The van der Waals surface area contributed by atoms with Gasteiger partial charge < -0.3 is 9.47 Å². The van der Waals surface area contributed by atoms with Gasteiger partial charge in [0.1, 0.15) is 0 Å². The molecule has 0 N–H and O–H groups in total. The molecule has 1 unspecified atom stereocenters. The Bertz CT molecular complexity index is 700. The lowest BCUT2D eigenvalue weighted by Gasteiger charge is -2.15. The standard InChI is InChI=1S/C18H19NO5/c1-13(2)23-16-10-6-7-11-17(16)24-18(20)15(19(21)22)12-14-8-4-3-5-9-14/h3-11,13,15H,12H2,1-2H3. The summed E-state index contributed by atoms with van der Waals surface area (Å²) in [6.07, 6.45) is -0.139. The van der Waals surface area contributed by atoms with Crippen LogP contribution in [0.2, 0.25) is 0 Å². The number of nitro groups is 1. The van der Waals surface area contributed by atoms with Crippen molar-refractivity contribution in [2.75, 3.05) is 0 Å². The van der Waals surface area contributed by atoms with Gasteiger partial charge >= 0.3 is 12.0 Å². The maximum atomic E-state index is 12.3. The molecule has 0 saturated carbocycles. The summed E-state index contributed by atoms with van der Waals surface area (Å²) in [6.45, 7) is 3.68. The van der Waals surface area contributed by atoms with Crippen molar-refractivity contribution in [3.8, 4) is 11.5 Å². The minimum absolute atomic E-state index is 0.0279. The first-order chi connectivity index (χ1) is 11.5. The number of carbonyl (C=O) groups excluding carboxylic acids is 1. The van der Waals surface area contributed by atoms with Gasteiger partial charge in [-0.2, -0.15) is 0 Å². The number of hydrogen-bond donors (Lipinski definition) is 0. The number of benzene rings is 2. The zero-order chi connectivity index (χ0) is 17.5. The predicted octanol–water partition coefficient (Wildman–Crippen LogP) is 3.27. The minimum atomic E-state index is -1.47. The van der Waals surface area contributed by atoms with Gasteiger partial charge in [-0.1, -0.05) is 42.5 Å². The molecule has 2 aromatic carbocycles. The summed E-state index contributed by atoms with van der Waals surface area (Å²) in [5.41, 5.74) is 0.697. The third-order valence-electron chi connectivity index (χ3n) is 3.22. The van der Waals surface area contributed by atoms with Crippen LogP contribution in [-0.2, 0) is 11.2 Å². The van der Waals surface area contributed by atoms with Gasteiger partial charge in [0.05, 0.1) is 12.5 Å². The van der Waals surface area contributed by atoms with Crippen molar-refractivity contribution < 1.29 is 19.2 Å². The zero-order valence-electron chi connectivity index (χ0n) is 13.5. The molecule has 0 aromatic heterocycles. The summed E-state index contributed by atoms with van der Waals surface area (Å²) >= 11 is 0. The lowest BCUT2D eigenvalue weighted by molar-refractivity contribution is -0.509. The molecule has 0 saturated heterocycles. The van der Waals surface area contributed by atoms with Crippen molar-refractivity contribution in [2.45, 2.75) is 32.4 Å². The number of ether oxygens (including phenoxy) is 2. The molecule has 0 aliphatic heterocycles. The van der Waals surface area contributed by atoms with Crippen LogP contribution in [0.4, 0.5) is 0 Å². The van der Waals surface area contributed by atoms with Gasteiger partial charge in [0.2, 0.25) is 0 Å². The van der Waals surface area contributed by atoms with Crippen molar-refractivity contribution in [3.63, 3.8) is 0 Å². The molecule has 2 aromatic rings. The van der Waals surface area contributed by atoms with Gasteiger partial charge in [-0.25, -0.2) is 4.79 Å². The van der Waals surface area contributed by atoms with Crippen molar-refractivity contribution in [2.24, 2.45) is 0 Å². The second-order valence-electron chi connectivity index (χ2n) is 5.53. The average molecular weight is 329 g/mol. The van der Waals surface area contributed by atoms with Crippen LogP contribution in [0.25, 0.3) is 0 Å². The quantitative estimate of drug-likeness (QED) is 0.337. The molecule has 24 heavy (non-hydrogen) atoms. The molecule has 0 fully saturated rings. The topological polar surface area (TPSA) is 78.7 Å². The van der Waals surface area contributed by atoms with Gasteiger partial charge in [-0.05, 0) is 31.5 Å². The van der Waals surface area contributed by atoms with Crippen molar-refractivity contribution in [1.29, 1.82) is 0 Å². The monoisotopic (exact) mass is 329 g/mol. The fraction of sp³-hybridized carbons (Fsp3) is 0.278. The largest absolute Gasteiger partial charge is 0.487 e. The van der Waals surface area contributed by atoms with Crippen molar-refractivity contribution in [3.05, 3.63) is 70.3 Å². The van der Waals surface area contributed by atoms with Crippen LogP contribution in [0.15, 0.2) is 54.6 Å². The van der Waals surface area contributed by atoms with Crippen molar-refractivity contribution in [1.82, 2.24) is 0 Å². The highest BCUT2D eigenvalue weighted by Crippen LogP contribution is 2.28. The molecule has 2 rings (SSSR count). The molecule has 6 heteroatoms. The summed E-state index contributed by atoms with van der Waals surface area (Å²) in [5, 5.41) is 11.3. The van der Waals surface area contributed by atoms with Crippen LogP contribution in [0.5, 0.6) is 11.5 Å². The number of rotatable bonds is 7. The van der Waals surface area contributed by atoms with Crippen LogP contribution >= 0.6 is 0 Å². The minimum Gasteiger partial charge on any atom is -0.487 e. The molecular weight excluding hydrogens is 310 g/mol. The SMILES string of the molecule is CC(C)Oc1ccccc1OC(=O)C(Cc1ccccc1)[N+](=O)[O-]. The van der Waals surface area contributed by atoms with Crippen LogP contribution in [0, 0.1) is 10.1 Å². The normalized spacial score (nSPS) is 11.8. The van der Waals surface area contributed by atoms with E-state index in [1.165, 1.54) is 0 Å². The first-order valence-corrected chi connectivity index (χ1v) is 7.62. The third kappa shape index (κ3) is 4.81. The van der Waals surface area contributed by atoms with Gasteiger partial charge in [-0.15, -0.1) is 0 Å². The van der Waals surface area contributed by atoms with Crippen LogP contribution in [-0.4, -0.2) is 23.0 Å². The highest BCUT2D eigenvalue weighted by atomic mass is 16.6. The van der Waals surface area contributed by atoms with Crippen molar-refractivity contribution >= 4 is 5.97 Å². The molecule has 0 aliphatic carbocycles. The van der Waals surface area contributed by atoms with E-state index in [1.54, 1.807) is 48.5 Å². The number of nitrogens with zero attached hydrogens (tertiary/aromatic N) is 1. The Morgan fingerprint density at radius 3 is 2.21 bits per heavy atom. The van der Waals surface area contributed by atoms with E-state index in [0.29, 0.717) is 11.3 Å². The van der Waals surface area contributed by atoms with Gasteiger partial charge in [0.15, 0.2) is 11.5 Å². The van der Waals surface area contributed by atoms with Gasteiger partial charge in [0.25, 0.3) is 0 Å². The summed E-state index contributed by atoms with van der Waals surface area (Å²) in [4.78, 5) is 22.9. The Balaban J connectivity index is 2.15. The molecule has 0 bridgehead atoms. The lowest BCUT2D eigenvalue weighted by Crippen LogP contribution is -2.35. The first-order valence-electron chi connectivity index (χ1n) is 7.62. The Morgan fingerprint density at radius 1 is 1.04 bits per heavy atom. The summed E-state index contributed by atoms with van der Waals surface area (Å²) in [6, 6.07) is 14.0. The van der Waals surface area contributed by atoms with E-state index < -0.39 is 16.9 Å². The average Bonchev–Trinajstić information content (AvgIpc) is 2.54. The molecule has 0 heterocycles. The summed E-state index contributed by atoms with van der Waals surface area (Å²) in [5.74, 6) is -0.359. The fourth-order valence-corrected chi connectivity index (χ4v) is 2.14. The molecule has 0 radical (unpaired) electrons. The molecule has 6 nitrogen and oxygen atoms in total. The molecule has 0 spiro atoms. The van der Waals surface area contributed by atoms with E-state index in [0.717, 1.165) is 0 Å². The Hall–Kier alpha value is -2.89. The maximum Gasteiger partial charge on any atom is 0.387 e. The molecule has 1 atom stereocenters. The second kappa shape index (κ2) is 8.10. The molecular formula is C18H19NO5. The summed E-state index contributed by atoms with van der Waals surface area (Å²) in [7, 11) is 0.